The zero-order valence-corrected chi connectivity index (χ0v) is 12.9. The molecule has 1 aliphatic heterocycles. The van der Waals surface area contributed by atoms with Crippen molar-refractivity contribution in [3.05, 3.63) is 23.8 Å². The quantitative estimate of drug-likeness (QED) is 0.875. The minimum Gasteiger partial charge on any atom is -0.497 e. The van der Waals surface area contributed by atoms with Crippen LogP contribution in [0.1, 0.15) is 25.8 Å². The average molecular weight is 292 g/mol. The molecule has 1 aromatic rings. The van der Waals surface area contributed by atoms with E-state index in [2.05, 4.69) is 24.5 Å². The molecule has 21 heavy (non-hydrogen) atoms. The number of amides is 2. The third-order valence-electron chi connectivity index (χ3n) is 3.52. The Hall–Kier alpha value is -1.91. The van der Waals surface area contributed by atoms with Crippen molar-refractivity contribution < 1.29 is 14.3 Å². The molecule has 5 nitrogen and oxygen atoms in total. The molecule has 1 aromatic carbocycles. The number of carbonyl (C=O) groups excluding carboxylic acids is 1. The van der Waals surface area contributed by atoms with Crippen molar-refractivity contribution in [2.24, 2.45) is 5.92 Å². The highest BCUT2D eigenvalue weighted by Crippen LogP contribution is 2.28. The number of hydrogen-bond donors (Lipinski definition) is 2. The van der Waals surface area contributed by atoms with Gasteiger partial charge in [-0.05, 0) is 42.5 Å². The number of hydrogen-bond acceptors (Lipinski definition) is 3. The summed E-state index contributed by atoms with van der Waals surface area (Å²) in [7, 11) is 1.64. The highest BCUT2D eigenvalue weighted by atomic mass is 16.5. The number of fused-ring (bicyclic) bond motifs is 1. The summed E-state index contributed by atoms with van der Waals surface area (Å²) in [6, 6.07) is 5.61. The lowest BCUT2D eigenvalue weighted by Crippen LogP contribution is -2.47. The van der Waals surface area contributed by atoms with E-state index in [4.69, 9.17) is 9.47 Å². The van der Waals surface area contributed by atoms with E-state index >= 15 is 0 Å². The fraction of sp³-hybridized carbons (Fsp3) is 0.562. The van der Waals surface area contributed by atoms with Gasteiger partial charge >= 0.3 is 6.03 Å². The van der Waals surface area contributed by atoms with Crippen molar-refractivity contribution in [3.8, 4) is 11.5 Å². The molecule has 0 radical (unpaired) electrons. The first-order chi connectivity index (χ1) is 10.1. The largest absolute Gasteiger partial charge is 0.497 e. The Labute approximate surface area is 126 Å². The number of rotatable bonds is 5. The van der Waals surface area contributed by atoms with Crippen LogP contribution in [0.4, 0.5) is 4.79 Å². The fourth-order valence-corrected chi connectivity index (χ4v) is 2.30. The Morgan fingerprint density at radius 1 is 1.48 bits per heavy atom. The van der Waals surface area contributed by atoms with Gasteiger partial charge in [0.2, 0.25) is 0 Å². The van der Waals surface area contributed by atoms with Crippen LogP contribution in [0.2, 0.25) is 0 Å². The molecule has 0 spiro atoms. The summed E-state index contributed by atoms with van der Waals surface area (Å²) >= 11 is 0. The number of methoxy groups -OCH3 is 1. The van der Waals surface area contributed by atoms with Crippen LogP contribution in [-0.4, -0.2) is 32.3 Å². The SMILES string of the molecule is COc1ccc2c(c1)CC(NC(=O)NCCC(C)C)CO2. The van der Waals surface area contributed by atoms with Gasteiger partial charge in [0, 0.05) is 6.54 Å². The van der Waals surface area contributed by atoms with Crippen molar-refractivity contribution in [1.29, 1.82) is 0 Å². The van der Waals surface area contributed by atoms with Crippen molar-refractivity contribution in [1.82, 2.24) is 10.6 Å². The maximum atomic E-state index is 11.8. The fourth-order valence-electron chi connectivity index (χ4n) is 2.30. The Morgan fingerprint density at radius 2 is 2.29 bits per heavy atom. The summed E-state index contributed by atoms with van der Waals surface area (Å²) in [4.78, 5) is 11.8. The van der Waals surface area contributed by atoms with Gasteiger partial charge in [-0.25, -0.2) is 4.79 Å². The zero-order valence-electron chi connectivity index (χ0n) is 12.9. The second-order valence-corrected chi connectivity index (χ2v) is 5.77. The molecule has 0 aliphatic carbocycles. The molecular formula is C16H24N2O3. The van der Waals surface area contributed by atoms with E-state index in [1.165, 1.54) is 0 Å². The molecule has 0 saturated heterocycles. The number of nitrogens with one attached hydrogen (secondary N) is 2. The smallest absolute Gasteiger partial charge is 0.315 e. The van der Waals surface area contributed by atoms with Crippen LogP contribution >= 0.6 is 0 Å². The Bertz CT molecular complexity index is 488. The van der Waals surface area contributed by atoms with E-state index in [1.54, 1.807) is 7.11 Å². The molecule has 1 atom stereocenters. The number of benzene rings is 1. The molecule has 1 aliphatic rings. The molecule has 1 heterocycles. The first kappa shape index (κ1) is 15.5. The highest BCUT2D eigenvalue weighted by Gasteiger charge is 2.21. The standard InChI is InChI=1S/C16H24N2O3/c1-11(2)6-7-17-16(19)18-13-8-12-9-14(20-3)4-5-15(12)21-10-13/h4-5,9,11,13H,6-8,10H2,1-3H3,(H2,17,18,19). The van der Waals surface area contributed by atoms with Gasteiger partial charge in [0.15, 0.2) is 0 Å². The first-order valence-electron chi connectivity index (χ1n) is 7.42. The molecule has 2 rings (SSSR count). The molecule has 2 N–H and O–H groups in total. The second kappa shape index (κ2) is 7.20. The Kier molecular flexibility index (Phi) is 5.31. The molecule has 0 aromatic heterocycles. The molecular weight excluding hydrogens is 268 g/mol. The third kappa shape index (κ3) is 4.55. The average Bonchev–Trinajstić information content (AvgIpc) is 2.46. The maximum absolute atomic E-state index is 11.8. The maximum Gasteiger partial charge on any atom is 0.315 e. The molecule has 116 valence electrons. The van der Waals surface area contributed by atoms with E-state index in [1.807, 2.05) is 18.2 Å². The second-order valence-electron chi connectivity index (χ2n) is 5.77. The topological polar surface area (TPSA) is 59.6 Å². The van der Waals surface area contributed by atoms with Gasteiger partial charge in [0.1, 0.15) is 18.1 Å². The van der Waals surface area contributed by atoms with E-state index in [0.717, 1.165) is 29.9 Å². The Balaban J connectivity index is 1.84. The van der Waals surface area contributed by atoms with Crippen LogP contribution in [0.25, 0.3) is 0 Å². The number of carbonyl (C=O) groups is 1. The molecule has 0 bridgehead atoms. The summed E-state index contributed by atoms with van der Waals surface area (Å²) < 4.78 is 10.9. The van der Waals surface area contributed by atoms with Gasteiger partial charge in [-0.2, -0.15) is 0 Å². The van der Waals surface area contributed by atoms with Crippen molar-refractivity contribution in [2.45, 2.75) is 32.7 Å². The highest BCUT2D eigenvalue weighted by molar-refractivity contribution is 5.74. The van der Waals surface area contributed by atoms with Gasteiger partial charge in [-0.3, -0.25) is 0 Å². The van der Waals surface area contributed by atoms with Gasteiger partial charge in [-0.15, -0.1) is 0 Å². The first-order valence-corrected chi connectivity index (χ1v) is 7.42. The van der Waals surface area contributed by atoms with Crippen molar-refractivity contribution in [3.63, 3.8) is 0 Å². The van der Waals surface area contributed by atoms with Gasteiger partial charge in [-0.1, -0.05) is 13.8 Å². The van der Waals surface area contributed by atoms with Crippen LogP contribution in [0.3, 0.4) is 0 Å². The summed E-state index contributed by atoms with van der Waals surface area (Å²) in [6.07, 6.45) is 1.73. The van der Waals surface area contributed by atoms with Gasteiger partial charge < -0.3 is 20.1 Å². The van der Waals surface area contributed by atoms with Gasteiger partial charge in [0.25, 0.3) is 0 Å². The number of ether oxygens (including phenoxy) is 2. The summed E-state index contributed by atoms with van der Waals surface area (Å²) in [5, 5.41) is 5.83. The third-order valence-corrected chi connectivity index (χ3v) is 3.52. The minimum absolute atomic E-state index is 0.0105. The molecule has 0 saturated carbocycles. The lowest BCUT2D eigenvalue weighted by Gasteiger charge is -2.26. The van der Waals surface area contributed by atoms with E-state index in [0.29, 0.717) is 19.1 Å². The lowest BCUT2D eigenvalue weighted by molar-refractivity contribution is 0.214. The molecule has 0 fully saturated rings. The van der Waals surface area contributed by atoms with Gasteiger partial charge in [0.05, 0.1) is 13.2 Å². The van der Waals surface area contributed by atoms with Crippen LogP contribution in [0.5, 0.6) is 11.5 Å². The lowest BCUT2D eigenvalue weighted by atomic mass is 10.0. The van der Waals surface area contributed by atoms with Crippen LogP contribution in [0, 0.1) is 5.92 Å². The summed E-state index contributed by atoms with van der Waals surface area (Å²) in [5.74, 6) is 2.26. The van der Waals surface area contributed by atoms with E-state index < -0.39 is 0 Å². The van der Waals surface area contributed by atoms with E-state index in [-0.39, 0.29) is 12.1 Å². The van der Waals surface area contributed by atoms with Crippen molar-refractivity contribution >= 4 is 6.03 Å². The molecule has 1 unspecified atom stereocenters. The normalized spacial score (nSPS) is 16.9. The minimum atomic E-state index is -0.129. The van der Waals surface area contributed by atoms with Crippen LogP contribution < -0.4 is 20.1 Å². The van der Waals surface area contributed by atoms with E-state index in [9.17, 15) is 4.79 Å². The zero-order chi connectivity index (χ0) is 15.2. The Morgan fingerprint density at radius 3 is 3.00 bits per heavy atom. The summed E-state index contributed by atoms with van der Waals surface area (Å²) in [6.45, 7) is 5.47. The van der Waals surface area contributed by atoms with Crippen LogP contribution in [-0.2, 0) is 6.42 Å². The van der Waals surface area contributed by atoms with Crippen LogP contribution in [0.15, 0.2) is 18.2 Å². The number of urea groups is 1. The predicted molar refractivity (Wildman–Crippen MR) is 82.0 cm³/mol. The monoisotopic (exact) mass is 292 g/mol. The predicted octanol–water partition coefficient (Wildman–Crippen LogP) is 2.34. The van der Waals surface area contributed by atoms with Crippen molar-refractivity contribution in [2.75, 3.05) is 20.3 Å². The molecule has 2 amide bonds. The molecule has 5 heteroatoms. The summed E-state index contributed by atoms with van der Waals surface area (Å²) in [5.41, 5.74) is 1.06.